The zero-order valence-electron chi connectivity index (χ0n) is 14.1. The maximum absolute atomic E-state index is 4.71. The van der Waals surface area contributed by atoms with Gasteiger partial charge in [-0.05, 0) is 20.3 Å². The third kappa shape index (κ3) is 8.60. The Morgan fingerprint density at radius 3 is 1.80 bits per heavy atom. The molecule has 1 aliphatic heterocycles. The molecule has 118 valence electrons. The van der Waals surface area contributed by atoms with Crippen LogP contribution in [0.25, 0.3) is 0 Å². The SMILES string of the molecule is CCCCCCCCCCCCCC1=NC(C)(C)CN1. The fourth-order valence-electron chi connectivity index (χ4n) is 2.86. The van der Waals surface area contributed by atoms with E-state index in [-0.39, 0.29) is 5.54 Å². The molecule has 0 saturated carbocycles. The van der Waals surface area contributed by atoms with Crippen molar-refractivity contribution in [1.82, 2.24) is 5.32 Å². The summed E-state index contributed by atoms with van der Waals surface area (Å²) in [6, 6.07) is 0. The average molecular weight is 280 g/mol. The molecule has 0 aromatic carbocycles. The molecule has 0 aliphatic carbocycles. The lowest BCUT2D eigenvalue weighted by Gasteiger charge is -2.09. The molecular weight excluding hydrogens is 244 g/mol. The minimum atomic E-state index is 0.132. The molecule has 1 N–H and O–H groups in total. The first-order valence-electron chi connectivity index (χ1n) is 8.96. The quantitative estimate of drug-likeness (QED) is 0.471. The third-order valence-electron chi connectivity index (χ3n) is 4.18. The average Bonchev–Trinajstić information content (AvgIpc) is 2.75. The normalized spacial score (nSPS) is 17.1. The molecule has 0 aromatic heterocycles. The Morgan fingerprint density at radius 1 is 0.850 bits per heavy atom. The van der Waals surface area contributed by atoms with Crippen LogP contribution < -0.4 is 5.32 Å². The second-order valence-corrected chi connectivity index (χ2v) is 7.01. The van der Waals surface area contributed by atoms with Crippen molar-refractivity contribution in [1.29, 1.82) is 0 Å². The molecule has 0 radical (unpaired) electrons. The lowest BCUT2D eigenvalue weighted by atomic mass is 10.1. The number of hydrogen-bond acceptors (Lipinski definition) is 2. The Balaban J connectivity index is 1.81. The summed E-state index contributed by atoms with van der Waals surface area (Å²) in [7, 11) is 0. The van der Waals surface area contributed by atoms with Crippen molar-refractivity contribution in [3.63, 3.8) is 0 Å². The van der Waals surface area contributed by atoms with E-state index in [1.807, 2.05) is 0 Å². The van der Waals surface area contributed by atoms with Gasteiger partial charge in [0.25, 0.3) is 0 Å². The smallest absolute Gasteiger partial charge is 0.0971 e. The summed E-state index contributed by atoms with van der Waals surface area (Å²) in [6.45, 7) is 7.70. The number of nitrogens with one attached hydrogen (secondary N) is 1. The second kappa shape index (κ2) is 10.2. The first-order chi connectivity index (χ1) is 9.64. The fourth-order valence-corrected chi connectivity index (χ4v) is 2.86. The number of aliphatic imine (C=N–C) groups is 1. The first kappa shape index (κ1) is 17.5. The lowest BCUT2D eigenvalue weighted by Crippen LogP contribution is -2.26. The van der Waals surface area contributed by atoms with Crippen LogP contribution in [0.2, 0.25) is 0 Å². The lowest BCUT2D eigenvalue weighted by molar-refractivity contribution is 0.549. The molecule has 0 bridgehead atoms. The molecule has 1 aliphatic rings. The summed E-state index contributed by atoms with van der Waals surface area (Å²) in [5, 5.41) is 3.43. The highest BCUT2D eigenvalue weighted by Crippen LogP contribution is 2.16. The Morgan fingerprint density at radius 2 is 1.35 bits per heavy atom. The minimum Gasteiger partial charge on any atom is -0.371 e. The summed E-state index contributed by atoms with van der Waals surface area (Å²) in [5.41, 5.74) is 0.132. The number of hydrogen-bond donors (Lipinski definition) is 1. The van der Waals surface area contributed by atoms with Crippen LogP contribution >= 0.6 is 0 Å². The van der Waals surface area contributed by atoms with Gasteiger partial charge < -0.3 is 5.32 Å². The second-order valence-electron chi connectivity index (χ2n) is 7.01. The Labute approximate surface area is 126 Å². The van der Waals surface area contributed by atoms with E-state index in [1.54, 1.807) is 0 Å². The molecule has 1 rings (SSSR count). The highest BCUT2D eigenvalue weighted by atomic mass is 15.1. The van der Waals surface area contributed by atoms with Crippen molar-refractivity contribution in [3.8, 4) is 0 Å². The first-order valence-corrected chi connectivity index (χ1v) is 8.96. The zero-order valence-corrected chi connectivity index (χ0v) is 14.1. The van der Waals surface area contributed by atoms with Crippen LogP contribution in [-0.2, 0) is 0 Å². The molecule has 0 atom stereocenters. The maximum Gasteiger partial charge on any atom is 0.0971 e. The highest BCUT2D eigenvalue weighted by Gasteiger charge is 2.23. The van der Waals surface area contributed by atoms with E-state index < -0.39 is 0 Å². The van der Waals surface area contributed by atoms with Crippen LogP contribution in [0.5, 0.6) is 0 Å². The van der Waals surface area contributed by atoms with Gasteiger partial charge in [0.15, 0.2) is 0 Å². The van der Waals surface area contributed by atoms with Crippen molar-refractivity contribution in [2.24, 2.45) is 4.99 Å². The summed E-state index contributed by atoms with van der Waals surface area (Å²) in [5.74, 6) is 1.24. The highest BCUT2D eigenvalue weighted by molar-refractivity contribution is 5.84. The Bertz CT molecular complexity index is 269. The number of rotatable bonds is 12. The van der Waals surface area contributed by atoms with Gasteiger partial charge >= 0.3 is 0 Å². The van der Waals surface area contributed by atoms with Gasteiger partial charge in [0, 0.05) is 13.0 Å². The number of unbranched alkanes of at least 4 members (excludes halogenated alkanes) is 10. The maximum atomic E-state index is 4.71. The van der Waals surface area contributed by atoms with E-state index >= 15 is 0 Å². The van der Waals surface area contributed by atoms with E-state index in [0.717, 1.165) is 13.0 Å². The number of amidine groups is 1. The monoisotopic (exact) mass is 280 g/mol. The topological polar surface area (TPSA) is 24.4 Å². The van der Waals surface area contributed by atoms with Crippen LogP contribution in [0.1, 0.15) is 97.8 Å². The molecule has 0 amide bonds. The van der Waals surface area contributed by atoms with Crippen molar-refractivity contribution >= 4 is 5.84 Å². The van der Waals surface area contributed by atoms with Crippen LogP contribution in [0.15, 0.2) is 4.99 Å². The Hall–Kier alpha value is -0.530. The van der Waals surface area contributed by atoms with Gasteiger partial charge in [-0.2, -0.15) is 0 Å². The van der Waals surface area contributed by atoms with E-state index in [0.29, 0.717) is 0 Å². The predicted octanol–water partition coefficient (Wildman–Crippen LogP) is 5.47. The molecule has 0 fully saturated rings. The number of nitrogens with zero attached hydrogens (tertiary/aromatic N) is 1. The molecule has 0 unspecified atom stereocenters. The van der Waals surface area contributed by atoms with Crippen LogP contribution in [-0.4, -0.2) is 17.9 Å². The van der Waals surface area contributed by atoms with E-state index in [4.69, 9.17) is 4.99 Å². The van der Waals surface area contributed by atoms with Crippen molar-refractivity contribution < 1.29 is 0 Å². The standard InChI is InChI=1S/C18H36N2/c1-4-5-6-7-8-9-10-11-12-13-14-15-17-19-16-18(2,3)20-17/h4-16H2,1-3H3,(H,19,20). The van der Waals surface area contributed by atoms with Gasteiger partial charge in [-0.15, -0.1) is 0 Å². The van der Waals surface area contributed by atoms with Gasteiger partial charge in [-0.1, -0.05) is 71.1 Å². The molecule has 0 aromatic rings. The molecule has 2 nitrogen and oxygen atoms in total. The Kier molecular flexibility index (Phi) is 8.97. The van der Waals surface area contributed by atoms with Crippen molar-refractivity contribution in [2.45, 2.75) is 103 Å². The van der Waals surface area contributed by atoms with Crippen LogP contribution in [0.4, 0.5) is 0 Å². The third-order valence-corrected chi connectivity index (χ3v) is 4.18. The van der Waals surface area contributed by atoms with Crippen molar-refractivity contribution in [3.05, 3.63) is 0 Å². The van der Waals surface area contributed by atoms with E-state index in [9.17, 15) is 0 Å². The molecular formula is C18H36N2. The van der Waals surface area contributed by atoms with Gasteiger partial charge in [0.1, 0.15) is 0 Å². The van der Waals surface area contributed by atoms with Gasteiger partial charge in [-0.25, -0.2) is 0 Å². The van der Waals surface area contributed by atoms with Gasteiger partial charge in [0.05, 0.1) is 11.4 Å². The predicted molar refractivity (Wildman–Crippen MR) is 90.6 cm³/mol. The minimum absolute atomic E-state index is 0.132. The van der Waals surface area contributed by atoms with Gasteiger partial charge in [0.2, 0.25) is 0 Å². The van der Waals surface area contributed by atoms with Crippen LogP contribution in [0.3, 0.4) is 0 Å². The van der Waals surface area contributed by atoms with Gasteiger partial charge in [-0.3, -0.25) is 4.99 Å². The largest absolute Gasteiger partial charge is 0.371 e. The van der Waals surface area contributed by atoms with Crippen LogP contribution in [0, 0.1) is 0 Å². The molecule has 0 saturated heterocycles. The zero-order chi connectivity index (χ0) is 14.7. The molecule has 20 heavy (non-hydrogen) atoms. The van der Waals surface area contributed by atoms with E-state index in [2.05, 4.69) is 26.1 Å². The summed E-state index contributed by atoms with van der Waals surface area (Å²) < 4.78 is 0. The molecule has 1 heterocycles. The van der Waals surface area contributed by atoms with Crippen molar-refractivity contribution in [2.75, 3.05) is 6.54 Å². The molecule has 0 spiro atoms. The van der Waals surface area contributed by atoms with E-state index in [1.165, 1.54) is 76.5 Å². The summed E-state index contributed by atoms with van der Waals surface area (Å²) >= 11 is 0. The summed E-state index contributed by atoms with van der Waals surface area (Å²) in [4.78, 5) is 4.71. The fraction of sp³-hybridized carbons (Fsp3) is 0.944. The summed E-state index contributed by atoms with van der Waals surface area (Å²) in [6.07, 6.45) is 16.7. The molecule has 2 heteroatoms.